The average molecular weight is 169 g/mol. The number of allylic oxidation sites excluding steroid dienone is 3. The lowest BCUT2D eigenvalue weighted by Crippen LogP contribution is -2.00. The van der Waals surface area contributed by atoms with Crippen molar-refractivity contribution in [3.8, 4) is 0 Å². The van der Waals surface area contributed by atoms with E-state index in [9.17, 15) is 0 Å². The third kappa shape index (κ3) is 5.80. The highest BCUT2D eigenvalue weighted by atomic mass is 32.2. The predicted octanol–water partition coefficient (Wildman–Crippen LogP) is 2.89. The van der Waals surface area contributed by atoms with Crippen molar-refractivity contribution in [2.45, 2.75) is 13.8 Å². The Bertz CT molecular complexity index is 170. The highest BCUT2D eigenvalue weighted by Gasteiger charge is 1.88. The summed E-state index contributed by atoms with van der Waals surface area (Å²) >= 11 is 1.65. The predicted molar refractivity (Wildman–Crippen MR) is 54.4 cm³/mol. The first-order valence-corrected chi connectivity index (χ1v) is 4.56. The first kappa shape index (κ1) is 10.4. The normalized spacial score (nSPS) is 10.9. The molecule has 0 aromatic rings. The molecule has 1 N–H and O–H groups in total. The van der Waals surface area contributed by atoms with Crippen LogP contribution < -0.4 is 4.72 Å². The smallest absolute Gasteiger partial charge is 0.0436 e. The highest BCUT2D eigenvalue weighted by molar-refractivity contribution is 7.97. The third-order valence-corrected chi connectivity index (χ3v) is 1.62. The van der Waals surface area contributed by atoms with Gasteiger partial charge in [-0.1, -0.05) is 37.6 Å². The van der Waals surface area contributed by atoms with Crippen molar-refractivity contribution in [2.24, 2.45) is 0 Å². The largest absolute Gasteiger partial charge is 0.330 e. The second kappa shape index (κ2) is 6.10. The second-order valence-electron chi connectivity index (χ2n) is 2.19. The Labute approximate surface area is 73.4 Å². The zero-order chi connectivity index (χ0) is 8.69. The molecule has 11 heavy (non-hydrogen) atoms. The van der Waals surface area contributed by atoms with Crippen molar-refractivity contribution >= 4 is 11.9 Å². The Morgan fingerprint density at radius 2 is 2.27 bits per heavy atom. The summed E-state index contributed by atoms with van der Waals surface area (Å²) in [6, 6.07) is 0. The van der Waals surface area contributed by atoms with E-state index in [-0.39, 0.29) is 0 Å². The van der Waals surface area contributed by atoms with Crippen LogP contribution in [0, 0.1) is 0 Å². The van der Waals surface area contributed by atoms with Crippen LogP contribution in [0.25, 0.3) is 0 Å². The van der Waals surface area contributed by atoms with Crippen LogP contribution in [-0.2, 0) is 0 Å². The summed E-state index contributed by atoms with van der Waals surface area (Å²) in [7, 11) is 0. The molecule has 0 rings (SSSR count). The van der Waals surface area contributed by atoms with Gasteiger partial charge in [-0.15, -0.1) is 0 Å². The maximum atomic E-state index is 3.78. The Morgan fingerprint density at radius 1 is 1.64 bits per heavy atom. The number of rotatable bonds is 5. The summed E-state index contributed by atoms with van der Waals surface area (Å²) in [6.07, 6.45) is 3.76. The van der Waals surface area contributed by atoms with Crippen LogP contribution in [0.4, 0.5) is 0 Å². The molecule has 0 atom stereocenters. The molecule has 0 unspecified atom stereocenters. The molecule has 0 spiro atoms. The zero-order valence-corrected chi connectivity index (χ0v) is 8.00. The summed E-state index contributed by atoms with van der Waals surface area (Å²) in [5.74, 6) is 1.04. The van der Waals surface area contributed by atoms with Crippen molar-refractivity contribution in [2.75, 3.05) is 5.75 Å². The number of hydrogen-bond donors (Lipinski definition) is 1. The van der Waals surface area contributed by atoms with Crippen LogP contribution in [0.5, 0.6) is 0 Å². The topological polar surface area (TPSA) is 12.0 Å². The van der Waals surface area contributed by atoms with E-state index in [1.165, 1.54) is 0 Å². The number of hydrogen-bond acceptors (Lipinski definition) is 2. The molecule has 0 heterocycles. The Hall–Kier alpha value is -0.630. The maximum absolute atomic E-state index is 3.78. The first-order chi connectivity index (χ1) is 5.20. The summed E-state index contributed by atoms with van der Waals surface area (Å²) < 4.78 is 3.15. The van der Waals surface area contributed by atoms with Gasteiger partial charge >= 0.3 is 0 Å². The van der Waals surface area contributed by atoms with E-state index in [0.29, 0.717) is 0 Å². The van der Waals surface area contributed by atoms with Gasteiger partial charge in [0.2, 0.25) is 0 Å². The van der Waals surface area contributed by atoms with E-state index in [0.717, 1.165) is 17.0 Å². The standard InChI is InChI=1S/C9H15NS/c1-5-9(7-8(3)4)10-11-6-2/h5,7,10H,1,3,6H2,2,4H3/b9-7+. The molecule has 0 radical (unpaired) electrons. The SMILES string of the molecule is C=C/C(=C\C(=C)C)NSCC. The molecule has 1 nitrogen and oxygen atoms in total. The van der Waals surface area contributed by atoms with Crippen molar-refractivity contribution in [1.82, 2.24) is 4.72 Å². The van der Waals surface area contributed by atoms with Crippen LogP contribution in [0.2, 0.25) is 0 Å². The average Bonchev–Trinajstić information content (AvgIpc) is 1.97. The van der Waals surface area contributed by atoms with Gasteiger partial charge in [-0.2, -0.15) is 0 Å². The fourth-order valence-electron chi connectivity index (χ4n) is 0.551. The van der Waals surface area contributed by atoms with E-state index >= 15 is 0 Å². The fourth-order valence-corrected chi connectivity index (χ4v) is 1.00. The minimum atomic E-state index is 1.02. The molecule has 0 bridgehead atoms. The van der Waals surface area contributed by atoms with Crippen LogP contribution >= 0.6 is 11.9 Å². The van der Waals surface area contributed by atoms with Crippen LogP contribution in [0.3, 0.4) is 0 Å². The van der Waals surface area contributed by atoms with Gasteiger partial charge < -0.3 is 4.72 Å². The van der Waals surface area contributed by atoms with E-state index in [1.54, 1.807) is 18.0 Å². The summed E-state index contributed by atoms with van der Waals surface area (Å²) in [4.78, 5) is 0. The van der Waals surface area contributed by atoms with Gasteiger partial charge in [0.25, 0.3) is 0 Å². The molecular weight excluding hydrogens is 154 g/mol. The lowest BCUT2D eigenvalue weighted by atomic mass is 10.3. The summed E-state index contributed by atoms with van der Waals surface area (Å²) in [5, 5.41) is 0. The summed E-state index contributed by atoms with van der Waals surface area (Å²) in [5.41, 5.74) is 2.05. The zero-order valence-electron chi connectivity index (χ0n) is 7.18. The van der Waals surface area contributed by atoms with Gasteiger partial charge in [-0.25, -0.2) is 0 Å². The van der Waals surface area contributed by atoms with Gasteiger partial charge in [0.05, 0.1) is 0 Å². The molecule has 0 amide bonds. The fraction of sp³-hybridized carbons (Fsp3) is 0.333. The molecule has 0 aliphatic carbocycles. The van der Waals surface area contributed by atoms with Gasteiger partial charge in [-0.05, 0) is 19.1 Å². The Kier molecular flexibility index (Phi) is 5.75. The lowest BCUT2D eigenvalue weighted by molar-refractivity contribution is 1.26. The minimum Gasteiger partial charge on any atom is -0.330 e. The van der Waals surface area contributed by atoms with E-state index in [2.05, 4.69) is 24.8 Å². The van der Waals surface area contributed by atoms with Crippen LogP contribution in [-0.4, -0.2) is 5.75 Å². The third-order valence-electron chi connectivity index (χ3n) is 0.956. The van der Waals surface area contributed by atoms with Crippen molar-refractivity contribution in [3.05, 3.63) is 36.6 Å². The Balaban J connectivity index is 3.94. The molecule has 0 saturated carbocycles. The molecule has 0 aromatic carbocycles. The van der Waals surface area contributed by atoms with Gasteiger partial charge in [0, 0.05) is 11.4 Å². The van der Waals surface area contributed by atoms with E-state index in [4.69, 9.17) is 0 Å². The molecule has 0 aromatic heterocycles. The Morgan fingerprint density at radius 3 is 2.64 bits per heavy atom. The van der Waals surface area contributed by atoms with Gasteiger partial charge in [-0.3, -0.25) is 0 Å². The highest BCUT2D eigenvalue weighted by Crippen LogP contribution is 2.02. The molecular formula is C9H15NS. The van der Waals surface area contributed by atoms with Crippen molar-refractivity contribution in [1.29, 1.82) is 0 Å². The molecule has 0 aliphatic rings. The van der Waals surface area contributed by atoms with Crippen molar-refractivity contribution < 1.29 is 0 Å². The second-order valence-corrected chi connectivity index (χ2v) is 3.26. The van der Waals surface area contributed by atoms with Crippen LogP contribution in [0.15, 0.2) is 36.6 Å². The van der Waals surface area contributed by atoms with E-state index < -0.39 is 0 Å². The van der Waals surface area contributed by atoms with Gasteiger partial charge in [0.15, 0.2) is 0 Å². The van der Waals surface area contributed by atoms with Crippen molar-refractivity contribution in [3.63, 3.8) is 0 Å². The first-order valence-electron chi connectivity index (χ1n) is 3.58. The lowest BCUT2D eigenvalue weighted by Gasteiger charge is -2.03. The van der Waals surface area contributed by atoms with Crippen LogP contribution in [0.1, 0.15) is 13.8 Å². The summed E-state index contributed by atoms with van der Waals surface area (Å²) in [6.45, 7) is 11.5. The van der Waals surface area contributed by atoms with E-state index in [1.807, 2.05) is 13.0 Å². The number of nitrogens with one attached hydrogen (secondary N) is 1. The molecule has 0 saturated heterocycles. The minimum absolute atomic E-state index is 1.02. The molecule has 2 heteroatoms. The maximum Gasteiger partial charge on any atom is 0.0436 e. The molecule has 0 aliphatic heterocycles. The monoisotopic (exact) mass is 169 g/mol. The molecule has 62 valence electrons. The molecule has 0 fully saturated rings. The van der Waals surface area contributed by atoms with Gasteiger partial charge in [0.1, 0.15) is 0 Å². The quantitative estimate of drug-likeness (QED) is 0.501.